The van der Waals surface area contributed by atoms with Gasteiger partial charge in [0, 0.05) is 12.6 Å². The van der Waals surface area contributed by atoms with Gasteiger partial charge in [0.1, 0.15) is 17.5 Å². The number of benzene rings is 2. The van der Waals surface area contributed by atoms with E-state index < -0.39 is 6.04 Å². The second-order valence-electron chi connectivity index (χ2n) is 8.61. The van der Waals surface area contributed by atoms with Crippen LogP contribution in [0.5, 0.6) is 11.5 Å². The SMILES string of the molecule is CC[C@@H](C)NC(=O)[C@@H](CC)N(Cc1ccc(OC)cc1)C(=O)COc1cc(C)cc(C)c1C. The molecule has 0 saturated carbocycles. The van der Waals surface area contributed by atoms with E-state index in [2.05, 4.69) is 11.4 Å². The van der Waals surface area contributed by atoms with Crippen LogP contribution in [0.2, 0.25) is 0 Å². The number of carbonyl (C=O) groups is 2. The quantitative estimate of drug-likeness (QED) is 0.533. The van der Waals surface area contributed by atoms with Gasteiger partial charge in [0.2, 0.25) is 5.91 Å². The maximum absolute atomic E-state index is 13.4. The normalized spacial score (nSPS) is 12.6. The molecule has 0 aliphatic heterocycles. The van der Waals surface area contributed by atoms with Crippen LogP contribution in [0.15, 0.2) is 36.4 Å². The molecule has 33 heavy (non-hydrogen) atoms. The highest BCUT2D eigenvalue weighted by molar-refractivity contribution is 5.88. The Bertz CT molecular complexity index is 940. The summed E-state index contributed by atoms with van der Waals surface area (Å²) in [6, 6.07) is 11.0. The number of ether oxygens (including phenoxy) is 2. The number of nitrogens with one attached hydrogen (secondary N) is 1. The average Bonchev–Trinajstić information content (AvgIpc) is 2.80. The molecule has 2 rings (SSSR count). The molecule has 6 nitrogen and oxygen atoms in total. The van der Waals surface area contributed by atoms with Crippen LogP contribution < -0.4 is 14.8 Å². The zero-order valence-electron chi connectivity index (χ0n) is 21.0. The Morgan fingerprint density at radius 1 is 1.03 bits per heavy atom. The van der Waals surface area contributed by atoms with Crippen LogP contribution in [0, 0.1) is 20.8 Å². The molecule has 0 fully saturated rings. The molecule has 2 atom stereocenters. The van der Waals surface area contributed by atoms with Crippen LogP contribution in [-0.4, -0.2) is 42.5 Å². The minimum atomic E-state index is -0.586. The first-order valence-electron chi connectivity index (χ1n) is 11.6. The van der Waals surface area contributed by atoms with Gasteiger partial charge in [-0.1, -0.05) is 32.0 Å². The number of hydrogen-bond acceptors (Lipinski definition) is 4. The van der Waals surface area contributed by atoms with Crippen LogP contribution in [0.3, 0.4) is 0 Å². The molecule has 0 spiro atoms. The van der Waals surface area contributed by atoms with E-state index in [-0.39, 0.29) is 24.5 Å². The molecule has 2 amide bonds. The Labute approximate surface area is 198 Å². The van der Waals surface area contributed by atoms with Gasteiger partial charge in [-0.15, -0.1) is 0 Å². The van der Waals surface area contributed by atoms with Crippen molar-refractivity contribution >= 4 is 11.8 Å². The van der Waals surface area contributed by atoms with Crippen LogP contribution in [0.25, 0.3) is 0 Å². The lowest BCUT2D eigenvalue weighted by Crippen LogP contribution is -2.51. The standard InChI is InChI=1S/C27H38N2O4/c1-8-20(5)28-27(31)24(9-2)29(16-22-10-12-23(32-7)13-11-22)26(30)17-33-25-15-18(3)14-19(4)21(25)6/h10-15,20,24H,8-9,16-17H2,1-7H3,(H,28,31)/t20-,24-/m1/s1. The summed E-state index contributed by atoms with van der Waals surface area (Å²) >= 11 is 0. The van der Waals surface area contributed by atoms with E-state index in [0.717, 1.165) is 34.4 Å². The highest BCUT2D eigenvalue weighted by Gasteiger charge is 2.29. The van der Waals surface area contributed by atoms with E-state index in [4.69, 9.17) is 9.47 Å². The van der Waals surface area contributed by atoms with Crippen molar-refractivity contribution in [2.75, 3.05) is 13.7 Å². The van der Waals surface area contributed by atoms with Crippen LogP contribution in [0.1, 0.15) is 55.9 Å². The number of methoxy groups -OCH3 is 1. The molecule has 0 bridgehead atoms. The van der Waals surface area contributed by atoms with Crippen LogP contribution >= 0.6 is 0 Å². The Morgan fingerprint density at radius 2 is 1.70 bits per heavy atom. The van der Waals surface area contributed by atoms with Gasteiger partial charge in [-0.25, -0.2) is 0 Å². The zero-order valence-corrected chi connectivity index (χ0v) is 21.0. The third-order valence-corrected chi connectivity index (χ3v) is 6.01. The molecule has 2 aromatic carbocycles. The van der Waals surface area contributed by atoms with Gasteiger partial charge >= 0.3 is 0 Å². The van der Waals surface area contributed by atoms with Crippen molar-refractivity contribution in [3.63, 3.8) is 0 Å². The van der Waals surface area contributed by atoms with Crippen LogP contribution in [0.4, 0.5) is 0 Å². The molecule has 0 heterocycles. The molecule has 2 aromatic rings. The van der Waals surface area contributed by atoms with E-state index in [9.17, 15) is 9.59 Å². The highest BCUT2D eigenvalue weighted by atomic mass is 16.5. The monoisotopic (exact) mass is 454 g/mol. The minimum Gasteiger partial charge on any atom is -0.497 e. The van der Waals surface area contributed by atoms with Crippen molar-refractivity contribution < 1.29 is 19.1 Å². The van der Waals surface area contributed by atoms with Crippen molar-refractivity contribution in [1.29, 1.82) is 0 Å². The van der Waals surface area contributed by atoms with Gasteiger partial charge in [-0.2, -0.15) is 0 Å². The summed E-state index contributed by atoms with van der Waals surface area (Å²) in [5.74, 6) is 1.07. The molecular weight excluding hydrogens is 416 g/mol. The predicted octanol–water partition coefficient (Wildman–Crippen LogP) is 4.72. The van der Waals surface area contributed by atoms with Crippen molar-refractivity contribution in [2.24, 2.45) is 0 Å². The number of nitrogens with zero attached hydrogens (tertiary/aromatic N) is 1. The Morgan fingerprint density at radius 3 is 2.27 bits per heavy atom. The summed E-state index contributed by atoms with van der Waals surface area (Å²) in [5.41, 5.74) is 4.13. The number of amides is 2. The molecule has 0 saturated heterocycles. The minimum absolute atomic E-state index is 0.0404. The second-order valence-corrected chi connectivity index (χ2v) is 8.61. The van der Waals surface area contributed by atoms with Crippen molar-refractivity contribution in [2.45, 2.75) is 73.0 Å². The summed E-state index contributed by atoms with van der Waals surface area (Å²) in [6.07, 6.45) is 1.33. The van der Waals surface area contributed by atoms with Crippen molar-refractivity contribution in [3.8, 4) is 11.5 Å². The molecular formula is C27H38N2O4. The van der Waals surface area contributed by atoms with E-state index in [0.29, 0.717) is 18.7 Å². The molecule has 1 N–H and O–H groups in total. The molecule has 6 heteroatoms. The first-order chi connectivity index (χ1) is 15.7. The first-order valence-corrected chi connectivity index (χ1v) is 11.6. The smallest absolute Gasteiger partial charge is 0.261 e. The summed E-state index contributed by atoms with van der Waals surface area (Å²) in [5, 5.41) is 3.02. The van der Waals surface area contributed by atoms with Gasteiger partial charge in [0.25, 0.3) is 5.91 Å². The fourth-order valence-corrected chi connectivity index (χ4v) is 3.66. The molecule has 0 aliphatic carbocycles. The lowest BCUT2D eigenvalue weighted by molar-refractivity contribution is -0.143. The van der Waals surface area contributed by atoms with Gasteiger partial charge in [-0.3, -0.25) is 9.59 Å². The summed E-state index contributed by atoms with van der Waals surface area (Å²) < 4.78 is 11.2. The largest absolute Gasteiger partial charge is 0.497 e. The van der Waals surface area contributed by atoms with Gasteiger partial charge < -0.3 is 19.7 Å². The maximum atomic E-state index is 13.4. The Hall–Kier alpha value is -3.02. The van der Waals surface area contributed by atoms with Crippen LogP contribution in [-0.2, 0) is 16.1 Å². The molecule has 0 unspecified atom stereocenters. The van der Waals surface area contributed by atoms with E-state index >= 15 is 0 Å². The molecule has 0 aromatic heterocycles. The van der Waals surface area contributed by atoms with E-state index in [1.54, 1.807) is 12.0 Å². The lowest BCUT2D eigenvalue weighted by Gasteiger charge is -2.31. The maximum Gasteiger partial charge on any atom is 0.261 e. The van der Waals surface area contributed by atoms with Gasteiger partial charge in [0.05, 0.1) is 7.11 Å². The molecule has 180 valence electrons. The Kier molecular flexibility index (Phi) is 9.76. The lowest BCUT2D eigenvalue weighted by atomic mass is 10.1. The predicted molar refractivity (Wildman–Crippen MR) is 132 cm³/mol. The van der Waals surface area contributed by atoms with Gasteiger partial charge in [-0.05, 0) is 81.0 Å². The fraction of sp³-hybridized carbons (Fsp3) is 0.481. The van der Waals surface area contributed by atoms with Crippen molar-refractivity contribution in [1.82, 2.24) is 10.2 Å². The number of carbonyl (C=O) groups excluding carboxylic acids is 2. The summed E-state index contributed by atoms with van der Waals surface area (Å²) in [7, 11) is 1.61. The number of aryl methyl sites for hydroxylation is 2. The number of hydrogen-bond donors (Lipinski definition) is 1. The second kappa shape index (κ2) is 12.3. The topological polar surface area (TPSA) is 67.9 Å². The highest BCUT2D eigenvalue weighted by Crippen LogP contribution is 2.24. The summed E-state index contributed by atoms with van der Waals surface area (Å²) in [4.78, 5) is 28.0. The zero-order chi connectivity index (χ0) is 24.5. The molecule has 0 radical (unpaired) electrons. The third kappa shape index (κ3) is 7.24. The van der Waals surface area contributed by atoms with Gasteiger partial charge in [0.15, 0.2) is 6.61 Å². The Balaban J connectivity index is 2.27. The fourth-order valence-electron chi connectivity index (χ4n) is 3.66. The summed E-state index contributed by atoms with van der Waals surface area (Å²) in [6.45, 7) is 12.1. The van der Waals surface area contributed by atoms with E-state index in [1.807, 2.05) is 71.9 Å². The molecule has 0 aliphatic rings. The van der Waals surface area contributed by atoms with Crippen molar-refractivity contribution in [3.05, 3.63) is 58.7 Å². The average molecular weight is 455 g/mol. The first kappa shape index (κ1) is 26.2. The number of rotatable bonds is 11. The van der Waals surface area contributed by atoms with E-state index in [1.165, 1.54) is 0 Å². The third-order valence-electron chi connectivity index (χ3n) is 6.01.